The first-order chi connectivity index (χ1) is 17.6. The zero-order chi connectivity index (χ0) is 27.1. The summed E-state index contributed by atoms with van der Waals surface area (Å²) in [6.45, 7) is 22.0. The van der Waals surface area contributed by atoms with Crippen LogP contribution in [0.4, 0.5) is 5.69 Å². The Kier molecular flexibility index (Phi) is 10.7. The average molecular weight is 574 g/mol. The van der Waals surface area contributed by atoms with Gasteiger partial charge in [0.05, 0.1) is 5.92 Å². The molecule has 204 valence electrons. The molecule has 3 unspecified atom stereocenters. The number of nitrogens with one attached hydrogen (secondary N) is 1. The first-order valence-electron chi connectivity index (χ1n) is 13.9. The number of carbonyl (C=O) groups is 2. The molecular weight excluding hydrogens is 528 g/mol. The van der Waals surface area contributed by atoms with E-state index in [0.717, 1.165) is 59.6 Å². The van der Waals surface area contributed by atoms with Gasteiger partial charge in [-0.3, -0.25) is 9.59 Å². The number of benzene rings is 1. The second kappa shape index (κ2) is 13.5. The van der Waals surface area contributed by atoms with Gasteiger partial charge in [0.1, 0.15) is 0 Å². The van der Waals surface area contributed by atoms with Crippen molar-refractivity contribution in [3.63, 3.8) is 0 Å². The SMILES string of the molecule is C=C(CCC(=O)N1CCCC(C(=O)N(CC)CC)C1)Nc1ccc(Br)cc1C(=C)N1CC(C)CC(C)C1. The van der Waals surface area contributed by atoms with Gasteiger partial charge >= 0.3 is 0 Å². The average Bonchev–Trinajstić information content (AvgIpc) is 2.88. The second-order valence-corrected chi connectivity index (χ2v) is 11.8. The van der Waals surface area contributed by atoms with E-state index >= 15 is 0 Å². The predicted molar refractivity (Wildman–Crippen MR) is 157 cm³/mol. The van der Waals surface area contributed by atoms with Crippen LogP contribution in [-0.4, -0.2) is 65.8 Å². The summed E-state index contributed by atoms with van der Waals surface area (Å²) in [7, 11) is 0. The summed E-state index contributed by atoms with van der Waals surface area (Å²) in [5.74, 6) is 1.46. The number of halogens is 1. The summed E-state index contributed by atoms with van der Waals surface area (Å²) in [5, 5.41) is 3.46. The van der Waals surface area contributed by atoms with Gasteiger partial charge in [0.25, 0.3) is 0 Å². The van der Waals surface area contributed by atoms with Crippen LogP contribution in [0.1, 0.15) is 65.4 Å². The quantitative estimate of drug-likeness (QED) is 0.362. The van der Waals surface area contributed by atoms with Crippen LogP contribution in [0.3, 0.4) is 0 Å². The third-order valence-electron chi connectivity index (χ3n) is 7.69. The second-order valence-electron chi connectivity index (χ2n) is 10.9. The van der Waals surface area contributed by atoms with E-state index < -0.39 is 0 Å². The molecule has 0 saturated carbocycles. The summed E-state index contributed by atoms with van der Waals surface area (Å²) in [4.78, 5) is 32.0. The van der Waals surface area contributed by atoms with Crippen molar-refractivity contribution in [1.82, 2.24) is 14.7 Å². The van der Waals surface area contributed by atoms with E-state index in [0.29, 0.717) is 44.3 Å². The van der Waals surface area contributed by atoms with Gasteiger partial charge < -0.3 is 20.0 Å². The Morgan fingerprint density at radius 1 is 1.05 bits per heavy atom. The molecule has 0 bridgehead atoms. The zero-order valence-corrected chi connectivity index (χ0v) is 24.8. The van der Waals surface area contributed by atoms with Crippen molar-refractivity contribution in [2.45, 2.75) is 59.8 Å². The van der Waals surface area contributed by atoms with Crippen LogP contribution in [0.2, 0.25) is 0 Å². The summed E-state index contributed by atoms with van der Waals surface area (Å²) in [6, 6.07) is 6.16. The molecule has 1 N–H and O–H groups in total. The Bertz CT molecular complexity index is 980. The number of hydrogen-bond donors (Lipinski definition) is 1. The first-order valence-corrected chi connectivity index (χ1v) is 14.7. The predicted octanol–water partition coefficient (Wildman–Crippen LogP) is 6.21. The number of carbonyl (C=O) groups excluding carboxylic acids is 2. The Hall–Kier alpha value is -2.28. The maximum Gasteiger partial charge on any atom is 0.227 e. The Balaban J connectivity index is 1.58. The number of rotatable bonds is 10. The van der Waals surface area contributed by atoms with E-state index in [-0.39, 0.29) is 17.7 Å². The molecule has 0 aliphatic carbocycles. The van der Waals surface area contributed by atoms with Crippen molar-refractivity contribution in [3.05, 3.63) is 47.1 Å². The number of allylic oxidation sites excluding steroid dienone is 1. The summed E-state index contributed by atoms with van der Waals surface area (Å²) in [5.41, 5.74) is 3.83. The topological polar surface area (TPSA) is 55.9 Å². The Morgan fingerprint density at radius 3 is 2.38 bits per heavy atom. The maximum atomic E-state index is 13.0. The minimum Gasteiger partial charge on any atom is -0.371 e. The third-order valence-corrected chi connectivity index (χ3v) is 8.19. The molecule has 3 atom stereocenters. The summed E-state index contributed by atoms with van der Waals surface area (Å²) < 4.78 is 1.01. The molecule has 0 spiro atoms. The molecule has 2 fully saturated rings. The zero-order valence-electron chi connectivity index (χ0n) is 23.2. The van der Waals surface area contributed by atoms with Crippen LogP contribution in [0.25, 0.3) is 5.70 Å². The molecule has 3 rings (SSSR count). The van der Waals surface area contributed by atoms with Crippen molar-refractivity contribution in [2.24, 2.45) is 17.8 Å². The highest BCUT2D eigenvalue weighted by Crippen LogP contribution is 2.33. The molecule has 2 heterocycles. The molecule has 1 aromatic carbocycles. The fourth-order valence-electron chi connectivity index (χ4n) is 5.79. The van der Waals surface area contributed by atoms with Crippen molar-refractivity contribution >= 4 is 39.1 Å². The minimum absolute atomic E-state index is 0.0875. The van der Waals surface area contributed by atoms with Crippen LogP contribution in [-0.2, 0) is 9.59 Å². The molecule has 2 amide bonds. The normalized spacial score (nSPS) is 21.9. The first kappa shape index (κ1) is 29.3. The number of amides is 2. The molecule has 7 heteroatoms. The lowest BCUT2D eigenvalue weighted by atomic mass is 9.91. The number of likely N-dealkylation sites (tertiary alicyclic amines) is 2. The molecule has 1 aromatic rings. The number of nitrogens with zero attached hydrogens (tertiary/aromatic N) is 3. The van der Waals surface area contributed by atoms with Crippen LogP contribution in [0.15, 0.2) is 41.5 Å². The van der Waals surface area contributed by atoms with Crippen LogP contribution < -0.4 is 5.32 Å². The lowest BCUT2D eigenvalue weighted by molar-refractivity contribution is -0.140. The third kappa shape index (κ3) is 7.86. The molecular formula is C30H45BrN4O2. The van der Waals surface area contributed by atoms with E-state index in [9.17, 15) is 9.59 Å². The van der Waals surface area contributed by atoms with Crippen molar-refractivity contribution in [1.29, 1.82) is 0 Å². The van der Waals surface area contributed by atoms with Gasteiger partial charge in [-0.1, -0.05) is 42.9 Å². The molecule has 0 aromatic heterocycles. The molecule has 2 aliphatic heterocycles. The highest BCUT2D eigenvalue weighted by Gasteiger charge is 2.30. The van der Waals surface area contributed by atoms with Gasteiger partial charge in [-0.2, -0.15) is 0 Å². The molecule has 2 saturated heterocycles. The van der Waals surface area contributed by atoms with Gasteiger partial charge in [-0.15, -0.1) is 0 Å². The van der Waals surface area contributed by atoms with Crippen LogP contribution in [0, 0.1) is 17.8 Å². The summed E-state index contributed by atoms with van der Waals surface area (Å²) >= 11 is 3.62. The largest absolute Gasteiger partial charge is 0.371 e. The molecule has 37 heavy (non-hydrogen) atoms. The summed E-state index contributed by atoms with van der Waals surface area (Å²) in [6.07, 6.45) is 3.91. The monoisotopic (exact) mass is 572 g/mol. The van der Waals surface area contributed by atoms with E-state index in [1.807, 2.05) is 35.8 Å². The lowest BCUT2D eigenvalue weighted by Gasteiger charge is -2.38. The molecule has 6 nitrogen and oxygen atoms in total. The van der Waals surface area contributed by atoms with Crippen molar-refractivity contribution in [2.75, 3.05) is 44.6 Å². The van der Waals surface area contributed by atoms with Gasteiger partial charge in [-0.25, -0.2) is 0 Å². The highest BCUT2D eigenvalue weighted by atomic mass is 79.9. The highest BCUT2D eigenvalue weighted by molar-refractivity contribution is 9.10. The maximum absolute atomic E-state index is 13.0. The minimum atomic E-state index is -0.0875. The van der Waals surface area contributed by atoms with Crippen LogP contribution in [0.5, 0.6) is 0 Å². The van der Waals surface area contributed by atoms with E-state index in [1.165, 1.54) is 6.42 Å². The number of piperidine rings is 2. The van der Waals surface area contributed by atoms with E-state index in [1.54, 1.807) is 0 Å². The van der Waals surface area contributed by atoms with Crippen molar-refractivity contribution < 1.29 is 9.59 Å². The fourth-order valence-corrected chi connectivity index (χ4v) is 6.15. The molecule has 0 radical (unpaired) electrons. The fraction of sp³-hybridized carbons (Fsp3) is 0.600. The van der Waals surface area contributed by atoms with Gasteiger partial charge in [0.2, 0.25) is 11.8 Å². The van der Waals surface area contributed by atoms with Gasteiger partial charge in [0.15, 0.2) is 0 Å². The van der Waals surface area contributed by atoms with Gasteiger partial charge in [0, 0.05) is 72.8 Å². The Morgan fingerprint density at radius 2 is 1.73 bits per heavy atom. The Labute approximate surface area is 232 Å². The lowest BCUT2D eigenvalue weighted by Crippen LogP contribution is -2.46. The smallest absolute Gasteiger partial charge is 0.227 e. The van der Waals surface area contributed by atoms with E-state index in [2.05, 4.69) is 59.2 Å². The van der Waals surface area contributed by atoms with Crippen molar-refractivity contribution in [3.8, 4) is 0 Å². The standard InChI is InChI=1S/C30H45BrN4O2/c1-7-33(8-2)30(37)25-10-9-15-34(20-25)29(36)14-11-23(5)32-28-13-12-26(31)17-27(28)24(6)35-18-21(3)16-22(4)19-35/h12-13,17,21-22,25,32H,5-11,14-16,18-20H2,1-4H3. The number of hydrogen-bond acceptors (Lipinski definition) is 4. The van der Waals surface area contributed by atoms with E-state index in [4.69, 9.17) is 0 Å². The van der Waals surface area contributed by atoms with Crippen LogP contribution >= 0.6 is 15.9 Å². The van der Waals surface area contributed by atoms with Gasteiger partial charge in [-0.05, 0) is 69.6 Å². The number of anilines is 1. The molecule has 2 aliphatic rings.